The zero-order valence-corrected chi connectivity index (χ0v) is 15.9. The van der Waals surface area contributed by atoms with Crippen LogP contribution in [0.3, 0.4) is 0 Å². The molecule has 0 radical (unpaired) electrons. The van der Waals surface area contributed by atoms with Gasteiger partial charge >= 0.3 is 5.69 Å². The fourth-order valence-electron chi connectivity index (χ4n) is 2.57. The summed E-state index contributed by atoms with van der Waals surface area (Å²) in [5.41, 5.74) is 0.868. The zero-order chi connectivity index (χ0) is 20.3. The first-order valence-corrected chi connectivity index (χ1v) is 9.63. The lowest BCUT2D eigenvalue weighted by Gasteiger charge is -2.13. The van der Waals surface area contributed by atoms with Crippen molar-refractivity contribution in [2.45, 2.75) is 11.8 Å². The second kappa shape index (κ2) is 7.61. The monoisotopic (exact) mass is 402 g/mol. The van der Waals surface area contributed by atoms with Crippen molar-refractivity contribution in [2.24, 2.45) is 0 Å². The standard InChI is InChI=1S/C18H18N4O5S/c1-12(23)20-16-11-15(7-8-17(16)27-2)28(25,26)21-13-3-5-14(6-4-13)22-10-9-19-18(22)24/h3-11,21H,1-2H3,(H,19,24)(H,20,23). The minimum atomic E-state index is -3.90. The molecule has 1 heterocycles. The first-order chi connectivity index (χ1) is 13.3. The molecule has 1 amide bonds. The highest BCUT2D eigenvalue weighted by Gasteiger charge is 2.17. The van der Waals surface area contributed by atoms with Crippen molar-refractivity contribution >= 4 is 27.3 Å². The van der Waals surface area contributed by atoms with Gasteiger partial charge in [0.2, 0.25) is 5.91 Å². The van der Waals surface area contributed by atoms with Crippen LogP contribution in [-0.4, -0.2) is 31.0 Å². The molecule has 0 aliphatic rings. The third-order valence-corrected chi connectivity index (χ3v) is 5.22. The average Bonchev–Trinajstić information content (AvgIpc) is 3.07. The van der Waals surface area contributed by atoms with Crippen LogP contribution < -0.4 is 20.5 Å². The zero-order valence-electron chi connectivity index (χ0n) is 15.1. The molecule has 0 unspecified atom stereocenters. The molecule has 2 aromatic carbocycles. The molecule has 28 heavy (non-hydrogen) atoms. The number of aromatic nitrogens is 2. The Bertz CT molecular complexity index is 1160. The molecule has 1 aromatic heterocycles. The van der Waals surface area contributed by atoms with E-state index in [9.17, 15) is 18.0 Å². The molecule has 146 valence electrons. The number of benzene rings is 2. The highest BCUT2D eigenvalue weighted by atomic mass is 32.2. The first-order valence-electron chi connectivity index (χ1n) is 8.15. The number of aromatic amines is 1. The Morgan fingerprint density at radius 1 is 1.14 bits per heavy atom. The van der Waals surface area contributed by atoms with Crippen LogP contribution in [0, 0.1) is 0 Å². The summed E-state index contributed by atoms with van der Waals surface area (Å²) in [5, 5.41) is 2.54. The Kier molecular flexibility index (Phi) is 5.23. The fourth-order valence-corrected chi connectivity index (χ4v) is 3.65. The Morgan fingerprint density at radius 2 is 1.86 bits per heavy atom. The van der Waals surface area contributed by atoms with E-state index in [0.717, 1.165) is 0 Å². The number of amides is 1. The molecule has 0 aliphatic carbocycles. The van der Waals surface area contributed by atoms with Crippen LogP contribution in [0.4, 0.5) is 11.4 Å². The van der Waals surface area contributed by atoms with E-state index < -0.39 is 10.0 Å². The summed E-state index contributed by atoms with van der Waals surface area (Å²) in [7, 11) is -2.48. The minimum Gasteiger partial charge on any atom is -0.495 e. The van der Waals surface area contributed by atoms with Crippen molar-refractivity contribution in [3.05, 3.63) is 65.3 Å². The molecule has 9 nitrogen and oxygen atoms in total. The van der Waals surface area contributed by atoms with Crippen molar-refractivity contribution in [3.63, 3.8) is 0 Å². The molecular formula is C18H18N4O5S. The van der Waals surface area contributed by atoms with Crippen LogP contribution in [0.25, 0.3) is 5.69 Å². The number of anilines is 2. The predicted molar refractivity (Wildman–Crippen MR) is 104 cm³/mol. The van der Waals surface area contributed by atoms with Gasteiger partial charge in [-0.05, 0) is 42.5 Å². The van der Waals surface area contributed by atoms with Gasteiger partial charge in [-0.3, -0.25) is 14.1 Å². The highest BCUT2D eigenvalue weighted by molar-refractivity contribution is 7.92. The molecule has 0 bridgehead atoms. The van der Waals surface area contributed by atoms with E-state index in [-0.39, 0.29) is 22.2 Å². The molecule has 0 spiro atoms. The van der Waals surface area contributed by atoms with Crippen molar-refractivity contribution in [1.29, 1.82) is 0 Å². The normalized spacial score (nSPS) is 11.1. The van der Waals surface area contributed by atoms with E-state index in [4.69, 9.17) is 4.74 Å². The fraction of sp³-hybridized carbons (Fsp3) is 0.111. The maximum absolute atomic E-state index is 12.7. The second-order valence-corrected chi connectivity index (χ2v) is 7.51. The molecule has 3 aromatic rings. The van der Waals surface area contributed by atoms with Crippen LogP contribution in [0.2, 0.25) is 0 Å². The SMILES string of the molecule is COc1ccc(S(=O)(=O)Nc2ccc(-n3cc[nH]c3=O)cc2)cc1NC(C)=O. The van der Waals surface area contributed by atoms with Crippen molar-refractivity contribution in [1.82, 2.24) is 9.55 Å². The minimum absolute atomic E-state index is 0.0389. The number of nitrogens with one attached hydrogen (secondary N) is 3. The summed E-state index contributed by atoms with van der Waals surface area (Å²) >= 11 is 0. The van der Waals surface area contributed by atoms with E-state index in [0.29, 0.717) is 17.1 Å². The highest BCUT2D eigenvalue weighted by Crippen LogP contribution is 2.28. The smallest absolute Gasteiger partial charge is 0.330 e. The van der Waals surface area contributed by atoms with Gasteiger partial charge in [-0.15, -0.1) is 0 Å². The summed E-state index contributed by atoms with van der Waals surface area (Å²) in [6.45, 7) is 1.32. The summed E-state index contributed by atoms with van der Waals surface area (Å²) in [6, 6.07) is 10.5. The summed E-state index contributed by atoms with van der Waals surface area (Å²) in [4.78, 5) is 25.4. The van der Waals surface area contributed by atoms with Gasteiger partial charge in [0.05, 0.1) is 23.4 Å². The lowest BCUT2D eigenvalue weighted by Crippen LogP contribution is -2.15. The van der Waals surface area contributed by atoms with E-state index >= 15 is 0 Å². The maximum Gasteiger partial charge on any atom is 0.330 e. The van der Waals surface area contributed by atoms with Crippen LogP contribution in [-0.2, 0) is 14.8 Å². The maximum atomic E-state index is 12.7. The lowest BCUT2D eigenvalue weighted by molar-refractivity contribution is -0.114. The number of hydrogen-bond donors (Lipinski definition) is 3. The largest absolute Gasteiger partial charge is 0.495 e. The van der Waals surface area contributed by atoms with Gasteiger partial charge < -0.3 is 15.0 Å². The van der Waals surface area contributed by atoms with Gasteiger partial charge in [-0.1, -0.05) is 0 Å². The third-order valence-electron chi connectivity index (χ3n) is 3.84. The van der Waals surface area contributed by atoms with Crippen LogP contribution >= 0.6 is 0 Å². The van der Waals surface area contributed by atoms with Gasteiger partial charge in [0.25, 0.3) is 10.0 Å². The predicted octanol–water partition coefficient (Wildman–Crippen LogP) is 1.93. The topological polar surface area (TPSA) is 122 Å². The van der Waals surface area contributed by atoms with Crippen LogP contribution in [0.15, 0.2) is 64.5 Å². The van der Waals surface area contributed by atoms with E-state index in [1.807, 2.05) is 0 Å². The molecular weight excluding hydrogens is 384 g/mol. The van der Waals surface area contributed by atoms with Gasteiger partial charge in [0.15, 0.2) is 0 Å². The quantitative estimate of drug-likeness (QED) is 0.582. The Morgan fingerprint density at radius 3 is 2.43 bits per heavy atom. The Labute approximate surface area is 161 Å². The van der Waals surface area contributed by atoms with Crippen molar-refractivity contribution < 1.29 is 17.9 Å². The van der Waals surface area contributed by atoms with Gasteiger partial charge in [0.1, 0.15) is 5.75 Å². The number of imidazole rings is 1. The second-order valence-electron chi connectivity index (χ2n) is 5.83. The number of H-pyrrole nitrogens is 1. The van der Waals surface area contributed by atoms with E-state index in [1.165, 1.54) is 43.0 Å². The number of carbonyl (C=O) groups is 1. The third kappa shape index (κ3) is 4.07. The number of methoxy groups -OCH3 is 1. The molecule has 10 heteroatoms. The molecule has 3 rings (SSSR count). The van der Waals surface area contributed by atoms with Crippen LogP contribution in [0.1, 0.15) is 6.92 Å². The van der Waals surface area contributed by atoms with Gasteiger partial charge in [-0.2, -0.15) is 0 Å². The number of hydrogen-bond acceptors (Lipinski definition) is 5. The summed E-state index contributed by atoms with van der Waals surface area (Å²) in [5.74, 6) is -0.00755. The van der Waals surface area contributed by atoms with Crippen molar-refractivity contribution in [2.75, 3.05) is 17.1 Å². The molecule has 0 aliphatic heterocycles. The Hall–Kier alpha value is -3.53. The summed E-state index contributed by atoms with van der Waals surface area (Å²) in [6.07, 6.45) is 3.08. The number of sulfonamides is 1. The first kappa shape index (κ1) is 19.2. The number of nitrogens with zero attached hydrogens (tertiary/aromatic N) is 1. The molecule has 3 N–H and O–H groups in total. The Balaban J connectivity index is 1.86. The molecule has 0 fully saturated rings. The summed E-state index contributed by atoms with van der Waals surface area (Å²) < 4.78 is 34.3. The van der Waals surface area contributed by atoms with Gasteiger partial charge in [0, 0.05) is 25.0 Å². The van der Waals surface area contributed by atoms with Crippen molar-refractivity contribution in [3.8, 4) is 11.4 Å². The number of carbonyl (C=O) groups excluding carboxylic acids is 1. The van der Waals surface area contributed by atoms with Gasteiger partial charge in [-0.25, -0.2) is 13.2 Å². The molecule has 0 atom stereocenters. The van der Waals surface area contributed by atoms with Crippen LogP contribution in [0.5, 0.6) is 5.75 Å². The number of ether oxygens (including phenoxy) is 1. The van der Waals surface area contributed by atoms with E-state index in [2.05, 4.69) is 15.0 Å². The number of rotatable bonds is 6. The average molecular weight is 402 g/mol. The lowest BCUT2D eigenvalue weighted by atomic mass is 10.3. The van der Waals surface area contributed by atoms with E-state index in [1.54, 1.807) is 30.5 Å². The molecule has 0 saturated carbocycles. The molecule has 0 saturated heterocycles.